The maximum atomic E-state index is 2.34. The van der Waals surface area contributed by atoms with Crippen LogP contribution in [-0.4, -0.2) is 4.57 Å². The number of aromatic nitrogens is 1. The van der Waals surface area contributed by atoms with Gasteiger partial charge in [0.1, 0.15) is 0 Å². The van der Waals surface area contributed by atoms with Crippen LogP contribution in [0, 0.1) is 0 Å². The summed E-state index contributed by atoms with van der Waals surface area (Å²) >= 11 is 0. The van der Waals surface area contributed by atoms with E-state index in [1.807, 2.05) is 0 Å². The number of hydrogen-bond acceptors (Lipinski definition) is 0. The predicted octanol–water partition coefficient (Wildman–Crippen LogP) is 4.17. The minimum absolute atomic E-state index is 0.541. The van der Waals surface area contributed by atoms with Crippen LogP contribution < -0.4 is 0 Å². The third-order valence-electron chi connectivity index (χ3n) is 2.88. The van der Waals surface area contributed by atoms with E-state index in [-0.39, 0.29) is 0 Å². The molecule has 1 aromatic heterocycles. The zero-order valence-corrected chi connectivity index (χ0v) is 9.83. The topological polar surface area (TPSA) is 4.93 Å². The van der Waals surface area contributed by atoms with Crippen molar-refractivity contribution < 1.29 is 0 Å². The Morgan fingerprint density at radius 2 is 2.00 bits per heavy atom. The zero-order valence-electron chi connectivity index (χ0n) is 9.83. The lowest BCUT2D eigenvalue weighted by Gasteiger charge is -2.10. The highest BCUT2D eigenvalue weighted by molar-refractivity contribution is 5.81. The van der Waals surface area contributed by atoms with Gasteiger partial charge in [-0.15, -0.1) is 0 Å². The molecule has 0 N–H and O–H groups in total. The molecule has 2 rings (SSSR count). The summed E-state index contributed by atoms with van der Waals surface area (Å²) in [5.41, 5.74) is 2.82. The maximum absolute atomic E-state index is 2.34. The fourth-order valence-corrected chi connectivity index (χ4v) is 2.09. The van der Waals surface area contributed by atoms with Crippen LogP contribution in [-0.2, 0) is 6.42 Å². The van der Waals surface area contributed by atoms with Crippen molar-refractivity contribution in [3.8, 4) is 0 Å². The molecular weight excluding hydrogens is 182 g/mol. The second-order valence-corrected chi connectivity index (χ2v) is 4.46. The molecule has 1 aromatic carbocycles. The summed E-state index contributed by atoms with van der Waals surface area (Å²) in [5, 5.41) is 1.35. The number of nitrogens with zero attached hydrogens (tertiary/aromatic N) is 1. The summed E-state index contributed by atoms with van der Waals surface area (Å²) < 4.78 is 2.34. The molecule has 0 aliphatic heterocycles. The van der Waals surface area contributed by atoms with Crippen molar-refractivity contribution in [2.75, 3.05) is 0 Å². The van der Waals surface area contributed by atoms with Crippen LogP contribution in [0.25, 0.3) is 10.9 Å². The summed E-state index contributed by atoms with van der Waals surface area (Å²) in [5.74, 6) is 0. The number of rotatable bonds is 3. The molecular formula is C14H19N. The number of aryl methyl sites for hydroxylation is 1. The van der Waals surface area contributed by atoms with E-state index < -0.39 is 0 Å². The van der Waals surface area contributed by atoms with Gasteiger partial charge in [-0.3, -0.25) is 0 Å². The minimum atomic E-state index is 0.541. The molecule has 2 aromatic rings. The molecule has 0 amide bonds. The lowest BCUT2D eigenvalue weighted by Crippen LogP contribution is -1.98. The van der Waals surface area contributed by atoms with E-state index >= 15 is 0 Å². The molecule has 15 heavy (non-hydrogen) atoms. The van der Waals surface area contributed by atoms with Crippen molar-refractivity contribution in [2.24, 2.45) is 0 Å². The third kappa shape index (κ3) is 1.92. The molecule has 1 heterocycles. The third-order valence-corrected chi connectivity index (χ3v) is 2.88. The van der Waals surface area contributed by atoms with Crippen LogP contribution >= 0.6 is 0 Å². The number of hydrogen-bond donors (Lipinski definition) is 0. The van der Waals surface area contributed by atoms with Gasteiger partial charge >= 0.3 is 0 Å². The van der Waals surface area contributed by atoms with Gasteiger partial charge in [-0.2, -0.15) is 0 Å². The molecule has 80 valence electrons. The van der Waals surface area contributed by atoms with Crippen molar-refractivity contribution in [3.05, 3.63) is 36.0 Å². The lowest BCUT2D eigenvalue weighted by atomic mass is 10.1. The first-order valence-corrected chi connectivity index (χ1v) is 5.82. The Morgan fingerprint density at radius 3 is 2.67 bits per heavy atom. The Morgan fingerprint density at radius 1 is 1.20 bits per heavy atom. The first-order chi connectivity index (χ1) is 7.22. The Hall–Kier alpha value is -1.24. The van der Waals surface area contributed by atoms with Gasteiger partial charge in [0.25, 0.3) is 0 Å². The van der Waals surface area contributed by atoms with E-state index in [4.69, 9.17) is 0 Å². The molecule has 0 aliphatic carbocycles. The second kappa shape index (κ2) is 4.09. The van der Waals surface area contributed by atoms with Gasteiger partial charge in [-0.25, -0.2) is 0 Å². The molecule has 0 radical (unpaired) electrons. The maximum Gasteiger partial charge on any atom is 0.0485 e. The smallest absolute Gasteiger partial charge is 0.0485 e. The fraction of sp³-hybridized carbons (Fsp3) is 0.429. The molecule has 0 aliphatic rings. The van der Waals surface area contributed by atoms with E-state index in [0.717, 1.165) is 0 Å². The lowest BCUT2D eigenvalue weighted by molar-refractivity contribution is 0.622. The molecule has 0 bridgehead atoms. The highest BCUT2D eigenvalue weighted by Crippen LogP contribution is 2.21. The summed E-state index contributed by atoms with van der Waals surface area (Å²) in [4.78, 5) is 0. The van der Waals surface area contributed by atoms with Gasteiger partial charge < -0.3 is 4.57 Å². The SMILES string of the molecule is CCCc1ccc2ccn(C(C)C)c2c1. The first kappa shape index (κ1) is 10.3. The van der Waals surface area contributed by atoms with Gasteiger partial charge in [0.15, 0.2) is 0 Å². The minimum Gasteiger partial charge on any atom is -0.345 e. The molecule has 0 saturated carbocycles. The zero-order chi connectivity index (χ0) is 10.8. The highest BCUT2D eigenvalue weighted by atomic mass is 15.0. The van der Waals surface area contributed by atoms with E-state index in [1.165, 1.54) is 29.3 Å². The van der Waals surface area contributed by atoms with Crippen LogP contribution in [0.15, 0.2) is 30.5 Å². The molecule has 0 atom stereocenters. The van der Waals surface area contributed by atoms with Gasteiger partial charge in [-0.05, 0) is 43.4 Å². The van der Waals surface area contributed by atoms with Gasteiger partial charge in [0.2, 0.25) is 0 Å². The van der Waals surface area contributed by atoms with Crippen LogP contribution in [0.3, 0.4) is 0 Å². The quantitative estimate of drug-likeness (QED) is 0.702. The van der Waals surface area contributed by atoms with Gasteiger partial charge in [-0.1, -0.05) is 25.5 Å². The average Bonchev–Trinajstić information content (AvgIpc) is 2.61. The van der Waals surface area contributed by atoms with E-state index in [1.54, 1.807) is 0 Å². The molecule has 0 spiro atoms. The summed E-state index contributed by atoms with van der Waals surface area (Å²) in [7, 11) is 0. The normalized spacial score (nSPS) is 11.5. The van der Waals surface area contributed by atoms with E-state index in [2.05, 4.69) is 55.8 Å². The number of fused-ring (bicyclic) bond motifs is 1. The second-order valence-electron chi connectivity index (χ2n) is 4.46. The largest absolute Gasteiger partial charge is 0.345 e. The van der Waals surface area contributed by atoms with Crippen molar-refractivity contribution in [2.45, 2.75) is 39.7 Å². The fourth-order valence-electron chi connectivity index (χ4n) is 2.09. The van der Waals surface area contributed by atoms with Crippen LogP contribution in [0.5, 0.6) is 0 Å². The molecule has 1 nitrogen and oxygen atoms in total. The standard InChI is InChI=1S/C14H19N/c1-4-5-12-6-7-13-8-9-15(11(2)3)14(13)10-12/h6-11H,4-5H2,1-3H3. The summed E-state index contributed by atoms with van der Waals surface area (Å²) in [6, 6.07) is 9.55. The Balaban J connectivity index is 2.51. The molecule has 0 saturated heterocycles. The van der Waals surface area contributed by atoms with Crippen LogP contribution in [0.4, 0.5) is 0 Å². The molecule has 0 fully saturated rings. The van der Waals surface area contributed by atoms with Crippen molar-refractivity contribution in [3.63, 3.8) is 0 Å². The monoisotopic (exact) mass is 201 g/mol. The average molecular weight is 201 g/mol. The Kier molecular flexibility index (Phi) is 2.81. The van der Waals surface area contributed by atoms with Crippen molar-refractivity contribution in [1.29, 1.82) is 0 Å². The van der Waals surface area contributed by atoms with E-state index in [0.29, 0.717) is 6.04 Å². The first-order valence-electron chi connectivity index (χ1n) is 5.82. The molecule has 0 unspecified atom stereocenters. The van der Waals surface area contributed by atoms with Crippen molar-refractivity contribution >= 4 is 10.9 Å². The predicted molar refractivity (Wildman–Crippen MR) is 66.3 cm³/mol. The van der Waals surface area contributed by atoms with E-state index in [9.17, 15) is 0 Å². The summed E-state index contributed by atoms with van der Waals surface area (Å²) in [6.45, 7) is 6.68. The van der Waals surface area contributed by atoms with Crippen molar-refractivity contribution in [1.82, 2.24) is 4.57 Å². The van der Waals surface area contributed by atoms with Crippen LogP contribution in [0.2, 0.25) is 0 Å². The Labute approximate surface area is 91.7 Å². The van der Waals surface area contributed by atoms with Gasteiger partial charge in [0.05, 0.1) is 0 Å². The highest BCUT2D eigenvalue weighted by Gasteiger charge is 2.04. The van der Waals surface area contributed by atoms with Crippen LogP contribution in [0.1, 0.15) is 38.8 Å². The van der Waals surface area contributed by atoms with Gasteiger partial charge in [0, 0.05) is 17.8 Å². The Bertz CT molecular complexity index is 451. The molecule has 1 heteroatoms. The summed E-state index contributed by atoms with van der Waals surface area (Å²) in [6.07, 6.45) is 4.58. The number of benzene rings is 1.